The SMILES string of the molecule is CCOc1ccc(OC2CC(=O)C2OCC)cc1. The molecule has 98 valence electrons. The van der Waals surface area contributed by atoms with Gasteiger partial charge in [0.2, 0.25) is 0 Å². The molecule has 0 aliphatic heterocycles. The van der Waals surface area contributed by atoms with Gasteiger partial charge in [0.1, 0.15) is 17.6 Å². The number of carbonyl (C=O) groups is 1. The van der Waals surface area contributed by atoms with Crippen molar-refractivity contribution in [3.05, 3.63) is 24.3 Å². The molecule has 0 heterocycles. The Balaban J connectivity index is 1.91. The molecule has 2 unspecified atom stereocenters. The topological polar surface area (TPSA) is 44.8 Å². The van der Waals surface area contributed by atoms with E-state index in [9.17, 15) is 4.79 Å². The first-order valence-corrected chi connectivity index (χ1v) is 6.28. The van der Waals surface area contributed by atoms with Crippen molar-refractivity contribution in [2.24, 2.45) is 0 Å². The monoisotopic (exact) mass is 250 g/mol. The van der Waals surface area contributed by atoms with Crippen LogP contribution in [-0.4, -0.2) is 31.2 Å². The van der Waals surface area contributed by atoms with Crippen LogP contribution >= 0.6 is 0 Å². The molecule has 18 heavy (non-hydrogen) atoms. The molecule has 1 fully saturated rings. The third-order valence-corrected chi connectivity index (χ3v) is 2.83. The van der Waals surface area contributed by atoms with Gasteiger partial charge in [0.15, 0.2) is 11.9 Å². The van der Waals surface area contributed by atoms with Crippen molar-refractivity contribution in [1.29, 1.82) is 0 Å². The molecule has 0 aromatic heterocycles. The van der Waals surface area contributed by atoms with Gasteiger partial charge in [0, 0.05) is 13.0 Å². The summed E-state index contributed by atoms with van der Waals surface area (Å²) in [5, 5.41) is 0. The van der Waals surface area contributed by atoms with Gasteiger partial charge in [-0.25, -0.2) is 0 Å². The molecular formula is C14H18O4. The van der Waals surface area contributed by atoms with E-state index >= 15 is 0 Å². The molecule has 2 atom stereocenters. The van der Waals surface area contributed by atoms with Crippen molar-refractivity contribution in [2.75, 3.05) is 13.2 Å². The highest BCUT2D eigenvalue weighted by molar-refractivity contribution is 5.90. The quantitative estimate of drug-likeness (QED) is 0.776. The Morgan fingerprint density at radius 1 is 1.11 bits per heavy atom. The largest absolute Gasteiger partial charge is 0.494 e. The summed E-state index contributed by atoms with van der Waals surface area (Å²) in [6.45, 7) is 4.99. The summed E-state index contributed by atoms with van der Waals surface area (Å²) in [4.78, 5) is 11.3. The summed E-state index contributed by atoms with van der Waals surface area (Å²) in [5.41, 5.74) is 0. The molecule has 1 saturated carbocycles. The summed E-state index contributed by atoms with van der Waals surface area (Å²) >= 11 is 0. The van der Waals surface area contributed by atoms with Crippen LogP contribution < -0.4 is 9.47 Å². The van der Waals surface area contributed by atoms with Crippen LogP contribution in [0.2, 0.25) is 0 Å². The molecule has 0 bridgehead atoms. The average molecular weight is 250 g/mol. The highest BCUT2D eigenvalue weighted by Crippen LogP contribution is 2.26. The van der Waals surface area contributed by atoms with Crippen LogP contribution in [0.5, 0.6) is 11.5 Å². The van der Waals surface area contributed by atoms with E-state index in [0.29, 0.717) is 19.6 Å². The third-order valence-electron chi connectivity index (χ3n) is 2.83. The molecule has 1 aromatic carbocycles. The van der Waals surface area contributed by atoms with Crippen LogP contribution in [0.1, 0.15) is 20.3 Å². The molecular weight excluding hydrogens is 232 g/mol. The van der Waals surface area contributed by atoms with Gasteiger partial charge in [-0.1, -0.05) is 0 Å². The second-order valence-electron chi connectivity index (χ2n) is 4.11. The highest BCUT2D eigenvalue weighted by atomic mass is 16.5. The second kappa shape index (κ2) is 5.87. The predicted octanol–water partition coefficient (Wildman–Crippen LogP) is 2.21. The number of carbonyl (C=O) groups excluding carboxylic acids is 1. The molecule has 4 nitrogen and oxygen atoms in total. The Hall–Kier alpha value is -1.55. The van der Waals surface area contributed by atoms with Crippen molar-refractivity contribution in [1.82, 2.24) is 0 Å². The fourth-order valence-electron chi connectivity index (χ4n) is 1.91. The molecule has 0 saturated heterocycles. The first-order valence-electron chi connectivity index (χ1n) is 6.28. The zero-order chi connectivity index (χ0) is 13.0. The highest BCUT2D eigenvalue weighted by Gasteiger charge is 2.42. The van der Waals surface area contributed by atoms with E-state index in [1.807, 2.05) is 38.1 Å². The number of ketones is 1. The van der Waals surface area contributed by atoms with Gasteiger partial charge in [-0.3, -0.25) is 4.79 Å². The van der Waals surface area contributed by atoms with Gasteiger partial charge >= 0.3 is 0 Å². The maximum Gasteiger partial charge on any atom is 0.169 e. The number of hydrogen-bond donors (Lipinski definition) is 0. The Morgan fingerprint density at radius 3 is 2.33 bits per heavy atom. The maximum atomic E-state index is 11.3. The van der Waals surface area contributed by atoms with E-state index in [1.54, 1.807) is 0 Å². The smallest absolute Gasteiger partial charge is 0.169 e. The summed E-state index contributed by atoms with van der Waals surface area (Å²) in [6, 6.07) is 7.40. The van der Waals surface area contributed by atoms with E-state index in [4.69, 9.17) is 14.2 Å². The second-order valence-corrected chi connectivity index (χ2v) is 4.11. The summed E-state index contributed by atoms with van der Waals surface area (Å²) in [5.74, 6) is 1.67. The lowest BCUT2D eigenvalue weighted by molar-refractivity contribution is -0.154. The van der Waals surface area contributed by atoms with Crippen molar-refractivity contribution >= 4 is 5.78 Å². The minimum Gasteiger partial charge on any atom is -0.494 e. The van der Waals surface area contributed by atoms with Crippen LogP contribution in [0.4, 0.5) is 0 Å². The van der Waals surface area contributed by atoms with E-state index in [2.05, 4.69) is 0 Å². The number of ether oxygens (including phenoxy) is 3. The summed E-state index contributed by atoms with van der Waals surface area (Å²) in [6.07, 6.45) is -0.130. The lowest BCUT2D eigenvalue weighted by atomic mass is 9.90. The van der Waals surface area contributed by atoms with Crippen molar-refractivity contribution in [3.63, 3.8) is 0 Å². The van der Waals surface area contributed by atoms with Crippen molar-refractivity contribution in [2.45, 2.75) is 32.5 Å². The van der Waals surface area contributed by atoms with Crippen LogP contribution in [0.25, 0.3) is 0 Å². The number of benzene rings is 1. The molecule has 1 aliphatic rings. The number of Topliss-reactive ketones (excluding diaryl/α,β-unsaturated/α-hetero) is 1. The molecule has 0 N–H and O–H groups in total. The number of rotatable bonds is 6. The van der Waals surface area contributed by atoms with Crippen LogP contribution in [0.15, 0.2) is 24.3 Å². The Bertz CT molecular complexity index is 399. The van der Waals surface area contributed by atoms with Gasteiger partial charge in [0.05, 0.1) is 6.61 Å². The van der Waals surface area contributed by atoms with E-state index < -0.39 is 6.10 Å². The van der Waals surface area contributed by atoms with E-state index in [-0.39, 0.29) is 11.9 Å². The van der Waals surface area contributed by atoms with E-state index in [1.165, 1.54) is 0 Å². The first-order chi connectivity index (χ1) is 8.74. The predicted molar refractivity (Wildman–Crippen MR) is 67.1 cm³/mol. The van der Waals surface area contributed by atoms with Crippen LogP contribution in [0.3, 0.4) is 0 Å². The molecule has 0 spiro atoms. The van der Waals surface area contributed by atoms with Gasteiger partial charge < -0.3 is 14.2 Å². The van der Waals surface area contributed by atoms with Crippen molar-refractivity contribution < 1.29 is 19.0 Å². The lowest BCUT2D eigenvalue weighted by Crippen LogP contribution is -2.52. The molecule has 2 rings (SSSR count). The molecule has 0 radical (unpaired) electrons. The zero-order valence-corrected chi connectivity index (χ0v) is 10.7. The van der Waals surface area contributed by atoms with Gasteiger partial charge in [-0.05, 0) is 38.1 Å². The standard InChI is InChI=1S/C14H18O4/c1-3-16-10-5-7-11(8-6-10)18-13-9-12(15)14(13)17-4-2/h5-8,13-14H,3-4,9H2,1-2H3. The van der Waals surface area contributed by atoms with Gasteiger partial charge in [-0.2, -0.15) is 0 Å². The Morgan fingerprint density at radius 2 is 1.78 bits per heavy atom. The van der Waals surface area contributed by atoms with Crippen LogP contribution in [-0.2, 0) is 9.53 Å². The van der Waals surface area contributed by atoms with Gasteiger partial charge in [0.25, 0.3) is 0 Å². The van der Waals surface area contributed by atoms with Gasteiger partial charge in [-0.15, -0.1) is 0 Å². The van der Waals surface area contributed by atoms with E-state index in [0.717, 1.165) is 11.5 Å². The summed E-state index contributed by atoms with van der Waals surface area (Å²) in [7, 11) is 0. The number of hydrogen-bond acceptors (Lipinski definition) is 4. The third kappa shape index (κ3) is 2.82. The minimum absolute atomic E-state index is 0.118. The van der Waals surface area contributed by atoms with Crippen LogP contribution in [0, 0.1) is 0 Å². The Kier molecular flexibility index (Phi) is 4.20. The fourth-order valence-corrected chi connectivity index (χ4v) is 1.91. The first kappa shape index (κ1) is 12.9. The normalized spacial score (nSPS) is 22.4. The fraction of sp³-hybridized carbons (Fsp3) is 0.500. The average Bonchev–Trinajstić information content (AvgIpc) is 2.38. The minimum atomic E-state index is -0.401. The molecule has 1 aromatic rings. The summed E-state index contributed by atoms with van der Waals surface area (Å²) < 4.78 is 16.4. The molecule has 0 amide bonds. The Labute approximate surface area is 107 Å². The van der Waals surface area contributed by atoms with Crippen molar-refractivity contribution in [3.8, 4) is 11.5 Å². The molecule has 4 heteroatoms. The maximum absolute atomic E-state index is 11.3. The zero-order valence-electron chi connectivity index (χ0n) is 10.7. The lowest BCUT2D eigenvalue weighted by Gasteiger charge is -2.34. The molecule has 1 aliphatic carbocycles.